The molecule has 0 bridgehead atoms. The van der Waals surface area contributed by atoms with E-state index < -0.39 is 92.2 Å². The molecule has 2 saturated carbocycles. The predicted molar refractivity (Wildman–Crippen MR) is 157 cm³/mol. The minimum Gasteiger partial charge on any atom is -0.394 e. The van der Waals surface area contributed by atoms with Crippen LogP contribution in [0.2, 0.25) is 0 Å². The fourth-order valence-corrected chi connectivity index (χ4v) is 8.81. The number of fused-ring (bicyclic) bond motifs is 3. The quantitative estimate of drug-likeness (QED) is 0.141. The van der Waals surface area contributed by atoms with Crippen molar-refractivity contribution in [1.82, 2.24) is 0 Å². The summed E-state index contributed by atoms with van der Waals surface area (Å²) < 4.78 is 22.7. The molecule has 4 fully saturated rings. The summed E-state index contributed by atoms with van der Waals surface area (Å²) >= 11 is 0. The van der Waals surface area contributed by atoms with E-state index in [-0.39, 0.29) is 29.3 Å². The molecule has 9 N–H and O–H groups in total. The Morgan fingerprint density at radius 1 is 0.867 bits per heavy atom. The van der Waals surface area contributed by atoms with Crippen LogP contribution in [0.5, 0.6) is 0 Å². The van der Waals surface area contributed by atoms with Crippen LogP contribution in [0.3, 0.4) is 0 Å². The average Bonchev–Trinajstić information content (AvgIpc) is 3.01. The molecule has 0 aromatic carbocycles. The van der Waals surface area contributed by atoms with Gasteiger partial charge in [0.2, 0.25) is 0 Å². The lowest BCUT2D eigenvalue weighted by molar-refractivity contribution is -0.336. The highest BCUT2D eigenvalue weighted by Gasteiger charge is 2.61. The topological polar surface area (TPSA) is 219 Å². The number of ether oxygens (including phenoxy) is 4. The van der Waals surface area contributed by atoms with E-state index in [0.29, 0.717) is 12.8 Å². The van der Waals surface area contributed by atoms with Crippen LogP contribution in [0.25, 0.3) is 0 Å². The van der Waals surface area contributed by atoms with E-state index >= 15 is 0 Å². The van der Waals surface area contributed by atoms with Gasteiger partial charge in [0.15, 0.2) is 12.6 Å². The molecule has 3 aliphatic carbocycles. The first kappa shape index (κ1) is 35.3. The lowest BCUT2D eigenvalue weighted by Gasteiger charge is -2.62. The van der Waals surface area contributed by atoms with Crippen LogP contribution in [0, 0.1) is 28.1 Å². The van der Waals surface area contributed by atoms with Crippen molar-refractivity contribution in [3.63, 3.8) is 0 Å². The van der Waals surface area contributed by atoms with Gasteiger partial charge in [0.1, 0.15) is 48.8 Å². The van der Waals surface area contributed by atoms with Crippen molar-refractivity contribution in [3.05, 3.63) is 24.3 Å². The van der Waals surface area contributed by atoms with Gasteiger partial charge in [-0.25, -0.2) is 0 Å². The Bertz CT molecular complexity index is 1090. The number of aliphatic hydroxyl groups is 9. The van der Waals surface area contributed by atoms with Crippen molar-refractivity contribution in [2.45, 2.75) is 126 Å². The van der Waals surface area contributed by atoms with Crippen LogP contribution < -0.4 is 0 Å². The van der Waals surface area contributed by atoms with E-state index in [9.17, 15) is 46.0 Å². The molecule has 13 heteroatoms. The van der Waals surface area contributed by atoms with Gasteiger partial charge in [0, 0.05) is 5.41 Å². The van der Waals surface area contributed by atoms with Gasteiger partial charge in [-0.3, -0.25) is 0 Å². The zero-order chi connectivity index (χ0) is 33.1. The largest absolute Gasteiger partial charge is 0.394 e. The number of aliphatic hydroxyl groups excluding tert-OH is 9. The van der Waals surface area contributed by atoms with Gasteiger partial charge < -0.3 is 64.9 Å². The Balaban J connectivity index is 1.29. The van der Waals surface area contributed by atoms with Crippen molar-refractivity contribution < 1.29 is 64.9 Å². The summed E-state index contributed by atoms with van der Waals surface area (Å²) in [7, 11) is 0. The Morgan fingerprint density at radius 2 is 1.47 bits per heavy atom. The SMILES string of the molecule is C=C[C@@]1(C)CCC2C(=CCC3[C@]2(C)C[C@@H](O)[C@@H](O)[C@]3(C)CO[C@@H]2O[C@H](CO[C@H]3O[C@H](CO)[C@@H](O)[C@H](O)[C@H]3O)[C@@H](O)[C@@H](O)[C@@H]2O)C1. The third-order valence-corrected chi connectivity index (χ3v) is 11.7. The Hall–Kier alpha value is -1.04. The van der Waals surface area contributed by atoms with Gasteiger partial charge in [-0.15, -0.1) is 6.58 Å². The highest BCUT2D eigenvalue weighted by molar-refractivity contribution is 5.26. The minimum absolute atomic E-state index is 0.0215. The molecular weight excluding hydrogens is 592 g/mol. The van der Waals surface area contributed by atoms with Crippen molar-refractivity contribution in [1.29, 1.82) is 0 Å². The van der Waals surface area contributed by atoms with Gasteiger partial charge in [0.25, 0.3) is 0 Å². The van der Waals surface area contributed by atoms with E-state index in [1.54, 1.807) is 0 Å². The maximum absolute atomic E-state index is 11.4. The highest BCUT2D eigenvalue weighted by Crippen LogP contribution is 2.63. The Morgan fingerprint density at radius 3 is 2.09 bits per heavy atom. The molecule has 0 spiro atoms. The summed E-state index contributed by atoms with van der Waals surface area (Å²) in [5, 5.41) is 94.3. The van der Waals surface area contributed by atoms with Gasteiger partial charge >= 0.3 is 0 Å². The normalized spacial score (nSPS) is 53.6. The fraction of sp³-hybridized carbons (Fsp3) is 0.875. The molecule has 0 amide bonds. The molecule has 258 valence electrons. The molecule has 5 rings (SSSR count). The standard InChI is InChI=1S/C32H52O13/c1-5-30(2)9-8-16-15(10-30)6-7-20-31(16,3)11-17(34)27(41)32(20,4)14-43-29-26(40)24(38)22(36)19(45-29)13-42-28-25(39)23(37)21(35)18(12-33)44-28/h5-6,16-29,33-41H,1,7-14H2,2-4H3/t16?,17-,18-,19-,20?,21-,22-,23+,24-,25-,26+,27-,28+,29-,30+,31-,32-/m1/s1. The zero-order valence-corrected chi connectivity index (χ0v) is 26.3. The molecule has 2 unspecified atom stereocenters. The molecule has 2 saturated heterocycles. The first-order chi connectivity index (χ1) is 21.1. The van der Waals surface area contributed by atoms with Gasteiger partial charge in [0.05, 0.1) is 32.0 Å². The van der Waals surface area contributed by atoms with Gasteiger partial charge in [-0.2, -0.15) is 0 Å². The third kappa shape index (κ3) is 6.18. The van der Waals surface area contributed by atoms with E-state index in [1.807, 2.05) is 13.0 Å². The summed E-state index contributed by atoms with van der Waals surface area (Å²) in [4.78, 5) is 0. The van der Waals surface area contributed by atoms with E-state index in [2.05, 4.69) is 26.5 Å². The molecule has 5 aliphatic rings. The van der Waals surface area contributed by atoms with E-state index in [1.165, 1.54) is 5.57 Å². The van der Waals surface area contributed by atoms with Crippen molar-refractivity contribution in [3.8, 4) is 0 Å². The first-order valence-electron chi connectivity index (χ1n) is 16.0. The lowest BCUT2D eigenvalue weighted by Crippen LogP contribution is -2.64. The minimum atomic E-state index is -1.70. The summed E-state index contributed by atoms with van der Waals surface area (Å²) in [6.07, 6.45) is -9.25. The molecule has 13 nitrogen and oxygen atoms in total. The average molecular weight is 645 g/mol. The Labute approximate surface area is 263 Å². The Kier molecular flexibility index (Phi) is 10.3. The predicted octanol–water partition coefficient (Wildman–Crippen LogP) is -1.30. The molecule has 45 heavy (non-hydrogen) atoms. The summed E-state index contributed by atoms with van der Waals surface area (Å²) in [6, 6.07) is 0. The highest BCUT2D eigenvalue weighted by atomic mass is 16.7. The van der Waals surface area contributed by atoms with Crippen LogP contribution in [0.1, 0.15) is 52.9 Å². The monoisotopic (exact) mass is 644 g/mol. The van der Waals surface area contributed by atoms with Crippen LogP contribution in [-0.4, -0.2) is 139 Å². The number of rotatable bonds is 8. The molecule has 0 radical (unpaired) electrons. The maximum Gasteiger partial charge on any atom is 0.186 e. The molecule has 17 atom stereocenters. The van der Waals surface area contributed by atoms with Crippen LogP contribution in [-0.2, 0) is 18.9 Å². The summed E-state index contributed by atoms with van der Waals surface area (Å²) in [5.74, 6) is 0.148. The number of hydrogen-bond donors (Lipinski definition) is 9. The van der Waals surface area contributed by atoms with Crippen molar-refractivity contribution >= 4 is 0 Å². The second-order valence-electron chi connectivity index (χ2n) is 14.8. The van der Waals surface area contributed by atoms with Crippen molar-refractivity contribution in [2.24, 2.45) is 28.1 Å². The fourth-order valence-electron chi connectivity index (χ4n) is 8.81. The van der Waals surface area contributed by atoms with Gasteiger partial charge in [-0.05, 0) is 54.8 Å². The smallest absolute Gasteiger partial charge is 0.186 e. The van der Waals surface area contributed by atoms with Crippen LogP contribution >= 0.6 is 0 Å². The summed E-state index contributed by atoms with van der Waals surface area (Å²) in [5.41, 5.74) is 0.0975. The van der Waals surface area contributed by atoms with E-state index in [4.69, 9.17) is 18.9 Å². The molecule has 2 aliphatic heterocycles. The second kappa shape index (κ2) is 13.1. The lowest BCUT2D eigenvalue weighted by atomic mass is 9.44. The molecular formula is C32H52O13. The molecule has 0 aromatic rings. The molecule has 2 heterocycles. The molecule has 0 aromatic heterocycles. The number of hydrogen-bond acceptors (Lipinski definition) is 13. The second-order valence-corrected chi connectivity index (χ2v) is 14.8. The third-order valence-electron chi connectivity index (χ3n) is 11.7. The van der Waals surface area contributed by atoms with E-state index in [0.717, 1.165) is 19.3 Å². The summed E-state index contributed by atoms with van der Waals surface area (Å²) in [6.45, 7) is 9.03. The van der Waals surface area contributed by atoms with Gasteiger partial charge in [-0.1, -0.05) is 38.5 Å². The zero-order valence-electron chi connectivity index (χ0n) is 26.3. The van der Waals surface area contributed by atoms with Crippen LogP contribution in [0.15, 0.2) is 24.3 Å². The maximum atomic E-state index is 11.4. The van der Waals surface area contributed by atoms with Crippen LogP contribution in [0.4, 0.5) is 0 Å². The number of allylic oxidation sites excluding steroid dienone is 3. The first-order valence-corrected chi connectivity index (χ1v) is 16.0. The van der Waals surface area contributed by atoms with Crippen molar-refractivity contribution in [2.75, 3.05) is 19.8 Å².